The second-order valence-corrected chi connectivity index (χ2v) is 6.05. The lowest BCUT2D eigenvalue weighted by molar-refractivity contribution is 0.406. The van der Waals surface area contributed by atoms with E-state index in [1.165, 1.54) is 0 Å². The molecule has 1 aromatic heterocycles. The monoisotopic (exact) mass is 377 g/mol. The van der Waals surface area contributed by atoms with Crippen LogP contribution >= 0.6 is 24.0 Å². The van der Waals surface area contributed by atoms with Gasteiger partial charge >= 0.3 is 0 Å². The summed E-state index contributed by atoms with van der Waals surface area (Å²) < 4.78 is 11.3. The molecule has 3 rings (SSSR count). The molecule has 0 radical (unpaired) electrons. The van der Waals surface area contributed by atoms with Gasteiger partial charge in [-0.05, 0) is 36.8 Å². The number of halogens is 2. The first-order valence-corrected chi connectivity index (χ1v) is 8.23. The van der Waals surface area contributed by atoms with E-state index in [0.29, 0.717) is 6.54 Å². The highest BCUT2D eigenvalue weighted by molar-refractivity contribution is 6.31. The molecular formula is C20H21Cl2NO2. The molecular weight excluding hydrogens is 357 g/mol. The van der Waals surface area contributed by atoms with Gasteiger partial charge in [-0.15, -0.1) is 12.4 Å². The number of hydrogen-bond donors (Lipinski definition) is 1. The fraction of sp³-hybridized carbons (Fsp3) is 0.200. The molecule has 2 aromatic carbocycles. The van der Waals surface area contributed by atoms with Crippen LogP contribution in [0.5, 0.6) is 5.75 Å². The third kappa shape index (κ3) is 4.79. The van der Waals surface area contributed by atoms with Gasteiger partial charge in [0.15, 0.2) is 0 Å². The number of ether oxygens (including phenoxy) is 1. The van der Waals surface area contributed by atoms with Crippen molar-refractivity contribution in [3.8, 4) is 17.1 Å². The summed E-state index contributed by atoms with van der Waals surface area (Å²) >= 11 is 6.18. The molecule has 0 fully saturated rings. The lowest BCUT2D eigenvalue weighted by Crippen LogP contribution is -2.12. The van der Waals surface area contributed by atoms with Crippen molar-refractivity contribution in [2.75, 3.05) is 7.11 Å². The fourth-order valence-electron chi connectivity index (χ4n) is 2.54. The molecule has 0 saturated carbocycles. The number of para-hydroxylation sites is 1. The van der Waals surface area contributed by atoms with Crippen LogP contribution in [0.3, 0.4) is 0 Å². The predicted octanol–water partition coefficient (Wildman–Crippen LogP) is 5.63. The smallest absolute Gasteiger partial charge is 0.134 e. The van der Waals surface area contributed by atoms with Gasteiger partial charge in [-0.2, -0.15) is 0 Å². The Kier molecular flexibility index (Phi) is 6.94. The second kappa shape index (κ2) is 8.95. The first kappa shape index (κ1) is 19.4. The van der Waals surface area contributed by atoms with E-state index < -0.39 is 0 Å². The highest BCUT2D eigenvalue weighted by atomic mass is 35.5. The van der Waals surface area contributed by atoms with E-state index in [-0.39, 0.29) is 12.4 Å². The van der Waals surface area contributed by atoms with Crippen LogP contribution in [0.4, 0.5) is 0 Å². The zero-order valence-corrected chi connectivity index (χ0v) is 15.8. The summed E-state index contributed by atoms with van der Waals surface area (Å²) in [6.07, 6.45) is 0. The summed E-state index contributed by atoms with van der Waals surface area (Å²) in [5.74, 6) is 2.60. The minimum atomic E-state index is 0. The van der Waals surface area contributed by atoms with Gasteiger partial charge in [0.2, 0.25) is 0 Å². The van der Waals surface area contributed by atoms with Crippen molar-refractivity contribution < 1.29 is 9.15 Å². The average Bonchev–Trinajstić information content (AvgIpc) is 3.06. The van der Waals surface area contributed by atoms with Gasteiger partial charge in [0.1, 0.15) is 17.3 Å². The quantitative estimate of drug-likeness (QED) is 0.604. The molecule has 0 unspecified atom stereocenters. The Morgan fingerprint density at radius 2 is 1.84 bits per heavy atom. The maximum atomic E-state index is 6.18. The summed E-state index contributed by atoms with van der Waals surface area (Å²) in [6.45, 7) is 3.36. The number of aryl methyl sites for hydroxylation is 1. The number of rotatable bonds is 6. The van der Waals surface area contributed by atoms with Gasteiger partial charge in [-0.25, -0.2) is 0 Å². The molecule has 0 amide bonds. The summed E-state index contributed by atoms with van der Waals surface area (Å²) in [5.41, 5.74) is 3.17. The summed E-state index contributed by atoms with van der Waals surface area (Å²) in [5, 5.41) is 4.13. The van der Waals surface area contributed by atoms with Crippen LogP contribution in [-0.2, 0) is 13.1 Å². The zero-order valence-electron chi connectivity index (χ0n) is 14.2. The van der Waals surface area contributed by atoms with E-state index in [1.54, 1.807) is 7.11 Å². The largest absolute Gasteiger partial charge is 0.496 e. The molecule has 0 aliphatic rings. The molecule has 3 aromatic rings. The summed E-state index contributed by atoms with van der Waals surface area (Å²) in [7, 11) is 1.68. The molecule has 132 valence electrons. The predicted molar refractivity (Wildman–Crippen MR) is 105 cm³/mol. The van der Waals surface area contributed by atoms with Crippen LogP contribution in [0, 0.1) is 6.92 Å². The van der Waals surface area contributed by atoms with Crippen LogP contribution in [0.2, 0.25) is 5.02 Å². The van der Waals surface area contributed by atoms with Crippen molar-refractivity contribution in [3.05, 3.63) is 76.5 Å². The first-order valence-electron chi connectivity index (χ1n) is 7.85. The Hall–Kier alpha value is -1.94. The normalized spacial score (nSPS) is 10.4. The van der Waals surface area contributed by atoms with E-state index in [2.05, 4.69) is 5.32 Å². The fourth-order valence-corrected chi connectivity index (χ4v) is 2.72. The van der Waals surface area contributed by atoms with Crippen molar-refractivity contribution in [1.82, 2.24) is 5.32 Å². The molecule has 0 aliphatic heterocycles. The van der Waals surface area contributed by atoms with Crippen LogP contribution in [-0.4, -0.2) is 7.11 Å². The standard InChI is InChI=1S/C20H20ClNO2.ClH/c1-14-7-8-15(11-18(14)21)20-10-9-17(24-20)13-22-12-16-5-3-4-6-19(16)23-2;/h3-11,22H,12-13H2,1-2H3;1H. The van der Waals surface area contributed by atoms with E-state index in [1.807, 2.05) is 61.5 Å². The van der Waals surface area contributed by atoms with E-state index in [4.69, 9.17) is 20.8 Å². The molecule has 1 N–H and O–H groups in total. The SMILES string of the molecule is COc1ccccc1CNCc1ccc(-c2ccc(C)c(Cl)c2)o1.Cl. The molecule has 5 heteroatoms. The van der Waals surface area contributed by atoms with E-state index in [9.17, 15) is 0 Å². The zero-order chi connectivity index (χ0) is 16.9. The number of furan rings is 1. The van der Waals surface area contributed by atoms with Crippen LogP contribution in [0.15, 0.2) is 59.0 Å². The van der Waals surface area contributed by atoms with E-state index in [0.717, 1.165) is 45.5 Å². The molecule has 3 nitrogen and oxygen atoms in total. The molecule has 0 spiro atoms. The van der Waals surface area contributed by atoms with Crippen LogP contribution < -0.4 is 10.1 Å². The van der Waals surface area contributed by atoms with Crippen LogP contribution in [0.25, 0.3) is 11.3 Å². The molecule has 1 heterocycles. The highest BCUT2D eigenvalue weighted by Crippen LogP contribution is 2.27. The Bertz CT molecular complexity index is 830. The second-order valence-electron chi connectivity index (χ2n) is 5.65. The lowest BCUT2D eigenvalue weighted by atomic mass is 10.1. The topological polar surface area (TPSA) is 34.4 Å². The third-order valence-corrected chi connectivity index (χ3v) is 4.33. The minimum absolute atomic E-state index is 0. The molecule has 0 aliphatic carbocycles. The van der Waals surface area contributed by atoms with Crippen molar-refractivity contribution >= 4 is 24.0 Å². The average molecular weight is 378 g/mol. The van der Waals surface area contributed by atoms with Gasteiger partial charge in [0.05, 0.1) is 13.7 Å². The Labute approximate surface area is 159 Å². The van der Waals surface area contributed by atoms with Gasteiger partial charge in [-0.3, -0.25) is 0 Å². The minimum Gasteiger partial charge on any atom is -0.496 e. The van der Waals surface area contributed by atoms with Gasteiger partial charge in [0.25, 0.3) is 0 Å². The lowest BCUT2D eigenvalue weighted by Gasteiger charge is -2.08. The Balaban J connectivity index is 0.00000225. The highest BCUT2D eigenvalue weighted by Gasteiger charge is 2.07. The third-order valence-electron chi connectivity index (χ3n) is 3.93. The van der Waals surface area contributed by atoms with Gasteiger partial charge in [0, 0.05) is 22.7 Å². The van der Waals surface area contributed by atoms with Crippen molar-refractivity contribution in [2.24, 2.45) is 0 Å². The number of nitrogens with one attached hydrogen (secondary N) is 1. The number of hydrogen-bond acceptors (Lipinski definition) is 3. The maximum Gasteiger partial charge on any atom is 0.134 e. The summed E-state index contributed by atoms with van der Waals surface area (Å²) in [6, 6.07) is 17.9. The Morgan fingerprint density at radius 1 is 1.04 bits per heavy atom. The van der Waals surface area contributed by atoms with Gasteiger partial charge < -0.3 is 14.5 Å². The summed E-state index contributed by atoms with van der Waals surface area (Å²) in [4.78, 5) is 0. The molecule has 0 bridgehead atoms. The maximum absolute atomic E-state index is 6.18. The molecule has 0 saturated heterocycles. The van der Waals surface area contributed by atoms with E-state index >= 15 is 0 Å². The Morgan fingerprint density at radius 3 is 2.60 bits per heavy atom. The number of benzene rings is 2. The molecule has 25 heavy (non-hydrogen) atoms. The van der Waals surface area contributed by atoms with Crippen LogP contribution in [0.1, 0.15) is 16.9 Å². The van der Waals surface area contributed by atoms with Gasteiger partial charge in [-0.1, -0.05) is 41.9 Å². The van der Waals surface area contributed by atoms with Crippen molar-refractivity contribution in [1.29, 1.82) is 0 Å². The molecule has 0 atom stereocenters. The van der Waals surface area contributed by atoms with Crippen molar-refractivity contribution in [3.63, 3.8) is 0 Å². The van der Waals surface area contributed by atoms with Crippen molar-refractivity contribution in [2.45, 2.75) is 20.0 Å². The number of methoxy groups -OCH3 is 1. The first-order chi connectivity index (χ1) is 11.7.